The molecule has 0 unspecified atom stereocenters. The number of hydrogen-bond acceptors (Lipinski definition) is 5. The van der Waals surface area contributed by atoms with E-state index in [1.54, 1.807) is 54.6 Å². The van der Waals surface area contributed by atoms with E-state index in [9.17, 15) is 13.2 Å². The van der Waals surface area contributed by atoms with Crippen molar-refractivity contribution in [3.8, 4) is 5.75 Å². The maximum absolute atomic E-state index is 13.5. The molecular formula is C32H33N3O4S. The van der Waals surface area contributed by atoms with Crippen LogP contribution in [-0.4, -0.2) is 30.9 Å². The van der Waals surface area contributed by atoms with Crippen LogP contribution in [0.2, 0.25) is 0 Å². The van der Waals surface area contributed by atoms with Crippen LogP contribution in [-0.2, 0) is 23.1 Å². The Hall–Kier alpha value is -4.27. The van der Waals surface area contributed by atoms with E-state index in [0.29, 0.717) is 17.9 Å². The fourth-order valence-corrected chi connectivity index (χ4v) is 5.43. The second kappa shape index (κ2) is 13.7. The van der Waals surface area contributed by atoms with E-state index >= 15 is 0 Å². The number of nitrogens with one attached hydrogen (secondary N) is 1. The molecule has 0 aliphatic carbocycles. The SMILES string of the molecule is CCCOc1ccc(/C(C)=N\NC(=O)c2ccc(CN(Cc3ccccc3)S(=O)(=O)c3ccccc3)cc2)cc1. The van der Waals surface area contributed by atoms with E-state index in [1.807, 2.05) is 61.5 Å². The van der Waals surface area contributed by atoms with Gasteiger partial charge in [-0.3, -0.25) is 4.79 Å². The average Bonchev–Trinajstić information content (AvgIpc) is 3.00. The van der Waals surface area contributed by atoms with Gasteiger partial charge in [0.2, 0.25) is 10.0 Å². The molecule has 0 fully saturated rings. The lowest BCUT2D eigenvalue weighted by molar-refractivity contribution is 0.0954. The van der Waals surface area contributed by atoms with E-state index in [1.165, 1.54) is 4.31 Å². The standard InChI is InChI=1S/C32H33N3O4S/c1-3-22-39-30-20-18-28(19-21-30)25(2)33-34-32(36)29-16-14-27(15-17-29)24-35(23-26-10-6-4-7-11-26)40(37,38)31-12-8-5-9-13-31/h4-21H,3,22-24H2,1-2H3,(H,34,36)/b33-25-. The Morgan fingerprint density at radius 3 is 1.93 bits per heavy atom. The highest BCUT2D eigenvalue weighted by Gasteiger charge is 2.25. The van der Waals surface area contributed by atoms with Gasteiger partial charge in [0.15, 0.2) is 0 Å². The molecule has 4 aromatic carbocycles. The zero-order chi connectivity index (χ0) is 28.4. The minimum atomic E-state index is -3.75. The normalized spacial score (nSPS) is 11.8. The molecule has 40 heavy (non-hydrogen) atoms. The Morgan fingerprint density at radius 1 is 0.775 bits per heavy atom. The van der Waals surface area contributed by atoms with Crippen LogP contribution < -0.4 is 10.2 Å². The summed E-state index contributed by atoms with van der Waals surface area (Å²) in [5.41, 5.74) is 6.20. The molecule has 0 heterocycles. The third kappa shape index (κ3) is 7.65. The smallest absolute Gasteiger partial charge is 0.271 e. The Balaban J connectivity index is 1.44. The van der Waals surface area contributed by atoms with Crippen LogP contribution in [0.5, 0.6) is 5.75 Å². The molecule has 0 aromatic heterocycles. The van der Waals surface area contributed by atoms with Gasteiger partial charge in [0.1, 0.15) is 5.75 Å². The van der Waals surface area contributed by atoms with E-state index in [-0.39, 0.29) is 23.9 Å². The van der Waals surface area contributed by atoms with Crippen molar-refractivity contribution in [2.45, 2.75) is 38.3 Å². The molecule has 7 nitrogen and oxygen atoms in total. The van der Waals surface area contributed by atoms with Gasteiger partial charge in [-0.15, -0.1) is 0 Å². The summed E-state index contributed by atoms with van der Waals surface area (Å²) in [5, 5.41) is 4.23. The van der Waals surface area contributed by atoms with Gasteiger partial charge >= 0.3 is 0 Å². The minimum absolute atomic E-state index is 0.156. The summed E-state index contributed by atoms with van der Waals surface area (Å²) in [6, 6.07) is 32.3. The molecule has 0 radical (unpaired) electrons. The van der Waals surface area contributed by atoms with Gasteiger partial charge in [0.25, 0.3) is 5.91 Å². The number of rotatable bonds is 12. The van der Waals surface area contributed by atoms with Gasteiger partial charge in [-0.1, -0.05) is 67.6 Å². The Morgan fingerprint density at radius 2 is 1.32 bits per heavy atom. The van der Waals surface area contributed by atoms with Crippen molar-refractivity contribution in [1.29, 1.82) is 0 Å². The van der Waals surface area contributed by atoms with Gasteiger partial charge in [-0.05, 0) is 78.6 Å². The van der Waals surface area contributed by atoms with E-state index in [2.05, 4.69) is 17.5 Å². The number of hydrogen-bond donors (Lipinski definition) is 1. The predicted octanol–water partition coefficient (Wildman–Crippen LogP) is 6.02. The number of sulfonamides is 1. The molecule has 0 spiro atoms. The monoisotopic (exact) mass is 555 g/mol. The van der Waals surface area contributed by atoms with Crippen molar-refractivity contribution in [3.63, 3.8) is 0 Å². The molecule has 1 amide bonds. The Kier molecular flexibility index (Phi) is 9.83. The molecule has 206 valence electrons. The number of carbonyl (C=O) groups excluding carboxylic acids is 1. The van der Waals surface area contributed by atoms with Crippen LogP contribution in [0, 0.1) is 0 Å². The van der Waals surface area contributed by atoms with Gasteiger partial charge in [-0.25, -0.2) is 13.8 Å². The third-order valence-electron chi connectivity index (χ3n) is 6.23. The number of ether oxygens (including phenoxy) is 1. The zero-order valence-corrected chi connectivity index (χ0v) is 23.5. The van der Waals surface area contributed by atoms with E-state index < -0.39 is 10.0 Å². The third-order valence-corrected chi connectivity index (χ3v) is 8.03. The molecule has 0 aliphatic heterocycles. The van der Waals surface area contributed by atoms with Crippen LogP contribution in [0.1, 0.15) is 47.3 Å². The first-order valence-electron chi connectivity index (χ1n) is 13.1. The first-order chi connectivity index (χ1) is 19.4. The molecule has 0 atom stereocenters. The number of amides is 1. The topological polar surface area (TPSA) is 88.1 Å². The Bertz CT molecular complexity index is 1520. The van der Waals surface area contributed by atoms with Crippen LogP contribution >= 0.6 is 0 Å². The van der Waals surface area contributed by atoms with Crippen molar-refractivity contribution in [2.24, 2.45) is 5.10 Å². The summed E-state index contributed by atoms with van der Waals surface area (Å²) in [7, 11) is -3.75. The summed E-state index contributed by atoms with van der Waals surface area (Å²) in [6.07, 6.45) is 0.938. The average molecular weight is 556 g/mol. The maximum atomic E-state index is 13.5. The van der Waals surface area contributed by atoms with Crippen LogP contribution in [0.4, 0.5) is 0 Å². The first kappa shape index (κ1) is 28.7. The van der Waals surface area contributed by atoms with Gasteiger partial charge in [0.05, 0.1) is 17.2 Å². The Labute approximate surface area is 236 Å². The van der Waals surface area contributed by atoms with E-state index in [0.717, 1.165) is 28.9 Å². The number of hydrazone groups is 1. The largest absolute Gasteiger partial charge is 0.494 e. The van der Waals surface area contributed by atoms with Crippen molar-refractivity contribution in [1.82, 2.24) is 9.73 Å². The second-order valence-electron chi connectivity index (χ2n) is 9.28. The molecule has 0 aliphatic rings. The molecule has 0 saturated carbocycles. The lowest BCUT2D eigenvalue weighted by atomic mass is 10.1. The second-order valence-corrected chi connectivity index (χ2v) is 11.2. The molecular weight excluding hydrogens is 522 g/mol. The molecule has 1 N–H and O–H groups in total. The number of carbonyl (C=O) groups is 1. The number of nitrogens with zero attached hydrogens (tertiary/aromatic N) is 2. The van der Waals surface area contributed by atoms with Crippen molar-refractivity contribution in [3.05, 3.63) is 131 Å². The summed E-state index contributed by atoms with van der Waals surface area (Å²) in [6.45, 7) is 4.91. The highest BCUT2D eigenvalue weighted by atomic mass is 32.2. The lowest BCUT2D eigenvalue weighted by Gasteiger charge is -2.22. The van der Waals surface area contributed by atoms with Crippen LogP contribution in [0.3, 0.4) is 0 Å². The van der Waals surface area contributed by atoms with E-state index in [4.69, 9.17) is 4.74 Å². The highest BCUT2D eigenvalue weighted by molar-refractivity contribution is 7.89. The van der Waals surface area contributed by atoms with Crippen molar-refractivity contribution in [2.75, 3.05) is 6.61 Å². The van der Waals surface area contributed by atoms with Crippen molar-refractivity contribution >= 4 is 21.6 Å². The summed E-state index contributed by atoms with van der Waals surface area (Å²) in [4.78, 5) is 13.0. The van der Waals surface area contributed by atoms with Gasteiger partial charge < -0.3 is 4.74 Å². The van der Waals surface area contributed by atoms with Gasteiger partial charge in [-0.2, -0.15) is 9.41 Å². The highest BCUT2D eigenvalue weighted by Crippen LogP contribution is 2.21. The van der Waals surface area contributed by atoms with Gasteiger partial charge in [0, 0.05) is 18.7 Å². The molecule has 8 heteroatoms. The minimum Gasteiger partial charge on any atom is -0.494 e. The molecule has 0 bridgehead atoms. The van der Waals surface area contributed by atoms with Crippen molar-refractivity contribution < 1.29 is 17.9 Å². The fourth-order valence-electron chi connectivity index (χ4n) is 4.00. The molecule has 4 aromatic rings. The van der Waals surface area contributed by atoms with Crippen LogP contribution in [0.25, 0.3) is 0 Å². The summed E-state index contributed by atoms with van der Waals surface area (Å²) < 4.78 is 34.0. The zero-order valence-electron chi connectivity index (χ0n) is 22.7. The fraction of sp³-hybridized carbons (Fsp3) is 0.188. The summed E-state index contributed by atoms with van der Waals surface area (Å²) >= 11 is 0. The number of benzene rings is 4. The van der Waals surface area contributed by atoms with Crippen LogP contribution in [0.15, 0.2) is 119 Å². The first-order valence-corrected chi connectivity index (χ1v) is 14.6. The summed E-state index contributed by atoms with van der Waals surface area (Å²) in [5.74, 6) is 0.438. The quantitative estimate of drug-likeness (QED) is 0.171. The lowest BCUT2D eigenvalue weighted by Crippen LogP contribution is -2.30. The maximum Gasteiger partial charge on any atom is 0.271 e. The molecule has 0 saturated heterocycles. The molecule has 4 rings (SSSR count). The predicted molar refractivity (Wildman–Crippen MR) is 158 cm³/mol.